The Morgan fingerprint density at radius 2 is 1.73 bits per heavy atom. The summed E-state index contributed by atoms with van der Waals surface area (Å²) in [6, 6.07) is 15.5. The highest BCUT2D eigenvalue weighted by molar-refractivity contribution is 14.1. The number of nitrogens with one attached hydrogen (secondary N) is 1. The molecule has 1 saturated heterocycles. The van der Waals surface area contributed by atoms with Crippen molar-refractivity contribution in [2.24, 2.45) is 0 Å². The van der Waals surface area contributed by atoms with E-state index >= 15 is 0 Å². The van der Waals surface area contributed by atoms with Crippen LogP contribution in [0, 0.1) is 3.57 Å². The molecule has 1 aliphatic heterocycles. The zero-order valence-electron chi connectivity index (χ0n) is 12.1. The number of ether oxygens (including phenoxy) is 1. The first kappa shape index (κ1) is 15.3. The van der Waals surface area contributed by atoms with Gasteiger partial charge in [-0.05, 0) is 59.0 Å². The standard InChI is InChI=1S/C17H17IN2O2/c18-14-7-5-13(6-8-14)17(21)19-15-3-1-2-4-16(15)20-9-11-22-12-10-20/h1-8H,9-12H2,(H,19,21). The maximum Gasteiger partial charge on any atom is 0.255 e. The average molecular weight is 408 g/mol. The Balaban J connectivity index is 1.79. The molecule has 0 atom stereocenters. The Morgan fingerprint density at radius 3 is 2.45 bits per heavy atom. The van der Waals surface area contributed by atoms with Crippen LogP contribution in [0.25, 0.3) is 0 Å². The number of benzene rings is 2. The van der Waals surface area contributed by atoms with Gasteiger partial charge in [-0.2, -0.15) is 0 Å². The molecule has 2 aromatic rings. The summed E-state index contributed by atoms with van der Waals surface area (Å²) in [5, 5.41) is 3.02. The molecule has 1 N–H and O–H groups in total. The molecule has 1 fully saturated rings. The maximum atomic E-state index is 12.4. The number of anilines is 2. The fourth-order valence-corrected chi connectivity index (χ4v) is 2.81. The van der Waals surface area contributed by atoms with Gasteiger partial charge in [-0.3, -0.25) is 4.79 Å². The van der Waals surface area contributed by atoms with Gasteiger partial charge < -0.3 is 15.0 Å². The number of morpholine rings is 1. The maximum absolute atomic E-state index is 12.4. The molecule has 22 heavy (non-hydrogen) atoms. The van der Waals surface area contributed by atoms with E-state index in [1.807, 2.05) is 48.5 Å². The van der Waals surface area contributed by atoms with Crippen LogP contribution in [0.5, 0.6) is 0 Å². The van der Waals surface area contributed by atoms with Gasteiger partial charge in [-0.25, -0.2) is 0 Å². The quantitative estimate of drug-likeness (QED) is 0.792. The van der Waals surface area contributed by atoms with Gasteiger partial charge in [0.05, 0.1) is 24.6 Å². The monoisotopic (exact) mass is 408 g/mol. The highest BCUT2D eigenvalue weighted by atomic mass is 127. The van der Waals surface area contributed by atoms with E-state index in [1.165, 1.54) is 0 Å². The van der Waals surface area contributed by atoms with Crippen LogP contribution < -0.4 is 10.2 Å². The van der Waals surface area contributed by atoms with E-state index in [4.69, 9.17) is 4.74 Å². The second-order valence-corrected chi connectivity index (χ2v) is 6.32. The van der Waals surface area contributed by atoms with Gasteiger partial charge in [0.1, 0.15) is 0 Å². The average Bonchev–Trinajstić information content (AvgIpc) is 2.57. The third-order valence-electron chi connectivity index (χ3n) is 3.61. The molecule has 0 unspecified atom stereocenters. The second-order valence-electron chi connectivity index (χ2n) is 5.08. The van der Waals surface area contributed by atoms with Crippen molar-refractivity contribution in [2.75, 3.05) is 36.5 Å². The first-order valence-corrected chi connectivity index (χ1v) is 8.30. The Bertz CT molecular complexity index is 652. The van der Waals surface area contributed by atoms with E-state index in [0.717, 1.165) is 41.2 Å². The highest BCUT2D eigenvalue weighted by Gasteiger charge is 2.16. The number of rotatable bonds is 3. The molecule has 1 aliphatic rings. The lowest BCUT2D eigenvalue weighted by atomic mass is 10.2. The Hall–Kier alpha value is -1.60. The van der Waals surface area contributed by atoms with Gasteiger partial charge in [-0.15, -0.1) is 0 Å². The minimum Gasteiger partial charge on any atom is -0.378 e. The number of hydrogen-bond donors (Lipinski definition) is 1. The summed E-state index contributed by atoms with van der Waals surface area (Å²) in [5.74, 6) is -0.0860. The summed E-state index contributed by atoms with van der Waals surface area (Å²) in [6.07, 6.45) is 0. The molecule has 0 radical (unpaired) electrons. The molecule has 1 amide bonds. The van der Waals surface area contributed by atoms with Crippen molar-refractivity contribution in [1.29, 1.82) is 0 Å². The molecule has 3 rings (SSSR count). The van der Waals surface area contributed by atoms with Crippen molar-refractivity contribution in [3.8, 4) is 0 Å². The van der Waals surface area contributed by atoms with Crippen LogP contribution in [0.4, 0.5) is 11.4 Å². The minimum absolute atomic E-state index is 0.0860. The van der Waals surface area contributed by atoms with Crippen LogP contribution in [0.15, 0.2) is 48.5 Å². The number of halogens is 1. The summed E-state index contributed by atoms with van der Waals surface area (Å²) < 4.78 is 6.51. The van der Waals surface area contributed by atoms with E-state index in [2.05, 4.69) is 32.8 Å². The SMILES string of the molecule is O=C(Nc1ccccc1N1CCOCC1)c1ccc(I)cc1. The molecular formula is C17H17IN2O2. The second kappa shape index (κ2) is 7.11. The lowest BCUT2D eigenvalue weighted by Gasteiger charge is -2.30. The Morgan fingerprint density at radius 1 is 1.05 bits per heavy atom. The van der Waals surface area contributed by atoms with E-state index in [-0.39, 0.29) is 5.91 Å². The van der Waals surface area contributed by atoms with Gasteiger partial charge >= 0.3 is 0 Å². The number of carbonyl (C=O) groups is 1. The van der Waals surface area contributed by atoms with Crippen LogP contribution in [-0.2, 0) is 4.74 Å². The molecule has 0 saturated carbocycles. The minimum atomic E-state index is -0.0860. The zero-order valence-corrected chi connectivity index (χ0v) is 14.2. The number of carbonyl (C=O) groups excluding carboxylic acids is 1. The Labute approximate surface area is 143 Å². The lowest BCUT2D eigenvalue weighted by molar-refractivity contribution is 0.102. The largest absolute Gasteiger partial charge is 0.378 e. The first-order valence-electron chi connectivity index (χ1n) is 7.23. The van der Waals surface area contributed by atoms with Crippen molar-refractivity contribution in [3.05, 3.63) is 57.7 Å². The van der Waals surface area contributed by atoms with Gasteiger partial charge in [0, 0.05) is 22.2 Å². The summed E-state index contributed by atoms with van der Waals surface area (Å²) in [7, 11) is 0. The van der Waals surface area contributed by atoms with E-state index in [1.54, 1.807) is 0 Å². The summed E-state index contributed by atoms with van der Waals surface area (Å²) >= 11 is 2.23. The van der Waals surface area contributed by atoms with Gasteiger partial charge in [0.25, 0.3) is 5.91 Å². The fourth-order valence-electron chi connectivity index (χ4n) is 2.46. The zero-order chi connectivity index (χ0) is 15.4. The van der Waals surface area contributed by atoms with Crippen molar-refractivity contribution in [1.82, 2.24) is 0 Å². The summed E-state index contributed by atoms with van der Waals surface area (Å²) in [6.45, 7) is 3.13. The third-order valence-corrected chi connectivity index (χ3v) is 4.33. The smallest absolute Gasteiger partial charge is 0.255 e. The van der Waals surface area contributed by atoms with Crippen molar-refractivity contribution < 1.29 is 9.53 Å². The molecule has 4 nitrogen and oxygen atoms in total. The van der Waals surface area contributed by atoms with E-state index in [9.17, 15) is 4.79 Å². The predicted molar refractivity (Wildman–Crippen MR) is 96.6 cm³/mol. The molecule has 0 spiro atoms. The van der Waals surface area contributed by atoms with E-state index in [0.29, 0.717) is 5.56 Å². The number of nitrogens with zero attached hydrogens (tertiary/aromatic N) is 1. The Kier molecular flexibility index (Phi) is 4.94. The summed E-state index contributed by atoms with van der Waals surface area (Å²) in [4.78, 5) is 14.6. The molecule has 1 heterocycles. The van der Waals surface area contributed by atoms with E-state index < -0.39 is 0 Å². The van der Waals surface area contributed by atoms with Gasteiger partial charge in [-0.1, -0.05) is 12.1 Å². The predicted octanol–water partition coefficient (Wildman–Crippen LogP) is 3.38. The number of hydrogen-bond acceptors (Lipinski definition) is 3. The third kappa shape index (κ3) is 3.59. The van der Waals surface area contributed by atoms with Crippen molar-refractivity contribution in [3.63, 3.8) is 0 Å². The van der Waals surface area contributed by atoms with Crippen LogP contribution in [-0.4, -0.2) is 32.2 Å². The molecule has 0 bridgehead atoms. The first-order chi connectivity index (χ1) is 10.7. The van der Waals surface area contributed by atoms with Crippen LogP contribution >= 0.6 is 22.6 Å². The lowest BCUT2D eigenvalue weighted by Crippen LogP contribution is -2.36. The molecule has 0 aliphatic carbocycles. The number of amides is 1. The van der Waals surface area contributed by atoms with Crippen molar-refractivity contribution >= 4 is 39.9 Å². The normalized spacial score (nSPS) is 14.7. The molecule has 5 heteroatoms. The van der Waals surface area contributed by atoms with Crippen LogP contribution in [0.1, 0.15) is 10.4 Å². The highest BCUT2D eigenvalue weighted by Crippen LogP contribution is 2.26. The molecule has 0 aromatic heterocycles. The fraction of sp³-hybridized carbons (Fsp3) is 0.235. The van der Waals surface area contributed by atoms with Crippen LogP contribution in [0.3, 0.4) is 0 Å². The van der Waals surface area contributed by atoms with Crippen molar-refractivity contribution in [2.45, 2.75) is 0 Å². The topological polar surface area (TPSA) is 41.6 Å². The molecule has 2 aromatic carbocycles. The summed E-state index contributed by atoms with van der Waals surface area (Å²) in [5.41, 5.74) is 2.55. The van der Waals surface area contributed by atoms with Gasteiger partial charge in [0.2, 0.25) is 0 Å². The number of para-hydroxylation sites is 2. The van der Waals surface area contributed by atoms with Crippen LogP contribution in [0.2, 0.25) is 0 Å². The molecule has 114 valence electrons. The molecular weight excluding hydrogens is 391 g/mol. The van der Waals surface area contributed by atoms with Gasteiger partial charge in [0.15, 0.2) is 0 Å².